The molecule has 0 saturated heterocycles. The van der Waals surface area contributed by atoms with Crippen LogP contribution in [0.25, 0.3) is 10.9 Å². The maximum atomic E-state index is 5.56. The van der Waals surface area contributed by atoms with Crippen molar-refractivity contribution in [1.82, 2.24) is 15.2 Å². The summed E-state index contributed by atoms with van der Waals surface area (Å²) < 4.78 is 7.86. The average Bonchev–Trinajstić information content (AvgIpc) is 2.99. The summed E-state index contributed by atoms with van der Waals surface area (Å²) in [6.45, 7) is 8.47. The molecule has 0 unspecified atom stereocenters. The molecule has 0 aliphatic heterocycles. The van der Waals surface area contributed by atoms with Crippen LogP contribution in [0, 0.1) is 5.92 Å². The van der Waals surface area contributed by atoms with Crippen LogP contribution in [-0.2, 0) is 11.3 Å². The van der Waals surface area contributed by atoms with Gasteiger partial charge in [-0.2, -0.15) is 0 Å². The number of halogens is 1. The van der Waals surface area contributed by atoms with Gasteiger partial charge in [-0.3, -0.25) is 4.99 Å². The standard InChI is InChI=1S/C19H30N4O.HI/c1-16(2)15-24-14-11-22-19(20-3)21-10-6-12-23-13-9-17-7-4-5-8-18(17)23;/h4-5,7-9,13,16H,6,10-12,14-15H2,1-3H3,(H2,20,21,22);1H. The molecule has 1 aromatic carbocycles. The van der Waals surface area contributed by atoms with E-state index in [1.807, 2.05) is 0 Å². The van der Waals surface area contributed by atoms with Crippen LogP contribution in [0.15, 0.2) is 41.5 Å². The number of guanidine groups is 1. The molecule has 5 nitrogen and oxygen atoms in total. The Hall–Kier alpha value is -1.28. The van der Waals surface area contributed by atoms with Crippen LogP contribution >= 0.6 is 24.0 Å². The van der Waals surface area contributed by atoms with Crippen molar-refractivity contribution in [2.75, 3.05) is 33.4 Å². The minimum absolute atomic E-state index is 0. The summed E-state index contributed by atoms with van der Waals surface area (Å²) in [5.41, 5.74) is 1.29. The second-order valence-corrected chi connectivity index (χ2v) is 6.32. The van der Waals surface area contributed by atoms with Gasteiger partial charge in [0.1, 0.15) is 0 Å². The van der Waals surface area contributed by atoms with Crippen molar-refractivity contribution in [2.45, 2.75) is 26.8 Å². The van der Waals surface area contributed by atoms with E-state index in [0.717, 1.165) is 38.6 Å². The molecule has 0 aliphatic carbocycles. The largest absolute Gasteiger partial charge is 0.379 e. The Balaban J connectivity index is 0.00000312. The number of benzene rings is 1. The fourth-order valence-corrected chi connectivity index (χ4v) is 2.57. The van der Waals surface area contributed by atoms with Crippen molar-refractivity contribution in [1.29, 1.82) is 0 Å². The van der Waals surface area contributed by atoms with Crippen molar-refractivity contribution in [3.63, 3.8) is 0 Å². The number of aromatic nitrogens is 1. The van der Waals surface area contributed by atoms with Gasteiger partial charge in [-0.05, 0) is 29.9 Å². The highest BCUT2D eigenvalue weighted by Gasteiger charge is 2.01. The molecule has 0 bridgehead atoms. The van der Waals surface area contributed by atoms with Crippen molar-refractivity contribution < 1.29 is 4.74 Å². The number of aliphatic imine (C=N–C) groups is 1. The average molecular weight is 458 g/mol. The van der Waals surface area contributed by atoms with Crippen LogP contribution in [0.5, 0.6) is 0 Å². The summed E-state index contributed by atoms with van der Waals surface area (Å²) in [6.07, 6.45) is 3.20. The molecule has 1 heterocycles. The smallest absolute Gasteiger partial charge is 0.191 e. The molecule has 0 spiro atoms. The molecule has 0 atom stereocenters. The van der Waals surface area contributed by atoms with E-state index in [1.165, 1.54) is 10.9 Å². The number of fused-ring (bicyclic) bond motifs is 1. The van der Waals surface area contributed by atoms with Gasteiger partial charge in [0.15, 0.2) is 5.96 Å². The second kappa shape index (κ2) is 12.1. The van der Waals surface area contributed by atoms with Gasteiger partial charge in [-0.25, -0.2) is 0 Å². The first-order valence-electron chi connectivity index (χ1n) is 8.77. The molecular weight excluding hydrogens is 427 g/mol. The van der Waals surface area contributed by atoms with E-state index in [0.29, 0.717) is 12.5 Å². The van der Waals surface area contributed by atoms with Crippen LogP contribution in [0.3, 0.4) is 0 Å². The summed E-state index contributed by atoms with van der Waals surface area (Å²) in [7, 11) is 1.80. The second-order valence-electron chi connectivity index (χ2n) is 6.32. The summed E-state index contributed by atoms with van der Waals surface area (Å²) in [6, 6.07) is 10.6. The van der Waals surface area contributed by atoms with Crippen molar-refractivity contribution in [3.8, 4) is 0 Å². The van der Waals surface area contributed by atoms with Gasteiger partial charge in [-0.15, -0.1) is 24.0 Å². The number of ether oxygens (including phenoxy) is 1. The van der Waals surface area contributed by atoms with Crippen LogP contribution in [0.1, 0.15) is 20.3 Å². The summed E-state index contributed by atoms with van der Waals surface area (Å²) >= 11 is 0. The molecule has 2 aromatic rings. The molecule has 0 saturated carbocycles. The minimum atomic E-state index is 0. The summed E-state index contributed by atoms with van der Waals surface area (Å²) in [5, 5.41) is 7.92. The SMILES string of the molecule is CN=C(NCCCn1ccc2ccccc21)NCCOCC(C)C.I. The Morgan fingerprint density at radius 2 is 1.92 bits per heavy atom. The van der Waals surface area contributed by atoms with Crippen molar-refractivity contribution in [2.24, 2.45) is 10.9 Å². The van der Waals surface area contributed by atoms with E-state index in [-0.39, 0.29) is 24.0 Å². The lowest BCUT2D eigenvalue weighted by molar-refractivity contribution is 0.114. The third-order valence-corrected chi connectivity index (χ3v) is 3.76. The highest BCUT2D eigenvalue weighted by molar-refractivity contribution is 14.0. The lowest BCUT2D eigenvalue weighted by atomic mass is 10.2. The van der Waals surface area contributed by atoms with Crippen LogP contribution in [0.2, 0.25) is 0 Å². The molecular formula is C19H31IN4O. The Morgan fingerprint density at radius 3 is 2.68 bits per heavy atom. The first kappa shape index (κ1) is 21.8. The van der Waals surface area contributed by atoms with Gasteiger partial charge in [-0.1, -0.05) is 32.0 Å². The molecule has 0 fully saturated rings. The minimum Gasteiger partial charge on any atom is -0.379 e. The van der Waals surface area contributed by atoms with E-state index in [1.54, 1.807) is 7.05 Å². The fourth-order valence-electron chi connectivity index (χ4n) is 2.57. The van der Waals surface area contributed by atoms with E-state index >= 15 is 0 Å². The van der Waals surface area contributed by atoms with Crippen LogP contribution in [0.4, 0.5) is 0 Å². The van der Waals surface area contributed by atoms with Gasteiger partial charge >= 0.3 is 0 Å². The number of nitrogens with zero attached hydrogens (tertiary/aromatic N) is 2. The van der Waals surface area contributed by atoms with E-state index in [9.17, 15) is 0 Å². The Morgan fingerprint density at radius 1 is 1.16 bits per heavy atom. The predicted octanol–water partition coefficient (Wildman–Crippen LogP) is 3.49. The lowest BCUT2D eigenvalue weighted by Crippen LogP contribution is -2.39. The fraction of sp³-hybridized carbons (Fsp3) is 0.526. The number of rotatable bonds is 9. The van der Waals surface area contributed by atoms with Crippen molar-refractivity contribution in [3.05, 3.63) is 36.5 Å². The number of nitrogens with one attached hydrogen (secondary N) is 2. The Bertz CT molecular complexity index is 639. The molecule has 25 heavy (non-hydrogen) atoms. The van der Waals surface area contributed by atoms with Crippen LogP contribution in [-0.4, -0.2) is 43.9 Å². The molecule has 0 aliphatic rings. The molecule has 0 radical (unpaired) electrons. The molecule has 1 aromatic heterocycles. The van der Waals surface area contributed by atoms with E-state index in [2.05, 4.69) is 70.6 Å². The zero-order valence-corrected chi connectivity index (χ0v) is 17.8. The maximum absolute atomic E-state index is 5.56. The predicted molar refractivity (Wildman–Crippen MR) is 117 cm³/mol. The molecule has 2 rings (SSSR count). The first-order valence-corrected chi connectivity index (χ1v) is 8.77. The highest BCUT2D eigenvalue weighted by Crippen LogP contribution is 2.15. The monoisotopic (exact) mass is 458 g/mol. The van der Waals surface area contributed by atoms with Gasteiger partial charge in [0, 0.05) is 45.0 Å². The first-order chi connectivity index (χ1) is 11.7. The Kier molecular flexibility index (Phi) is 10.6. The van der Waals surface area contributed by atoms with Gasteiger partial charge in [0.25, 0.3) is 0 Å². The van der Waals surface area contributed by atoms with E-state index < -0.39 is 0 Å². The number of aryl methyl sites for hydroxylation is 1. The molecule has 6 heteroatoms. The topological polar surface area (TPSA) is 50.6 Å². The summed E-state index contributed by atoms with van der Waals surface area (Å²) in [4.78, 5) is 4.24. The number of hydrogen-bond donors (Lipinski definition) is 2. The van der Waals surface area contributed by atoms with Crippen molar-refractivity contribution >= 4 is 40.8 Å². The number of hydrogen-bond acceptors (Lipinski definition) is 2. The van der Waals surface area contributed by atoms with E-state index in [4.69, 9.17) is 4.74 Å². The summed E-state index contributed by atoms with van der Waals surface area (Å²) in [5.74, 6) is 1.41. The molecule has 0 amide bonds. The third kappa shape index (κ3) is 7.64. The Labute approximate surface area is 168 Å². The van der Waals surface area contributed by atoms with Gasteiger partial charge in [0.2, 0.25) is 0 Å². The maximum Gasteiger partial charge on any atom is 0.191 e. The molecule has 140 valence electrons. The number of para-hydroxylation sites is 1. The van der Waals surface area contributed by atoms with Gasteiger partial charge in [0.05, 0.1) is 6.61 Å². The normalized spacial score (nSPS) is 11.6. The zero-order valence-electron chi connectivity index (χ0n) is 15.5. The van der Waals surface area contributed by atoms with Crippen LogP contribution < -0.4 is 10.6 Å². The lowest BCUT2D eigenvalue weighted by Gasteiger charge is -2.13. The molecule has 2 N–H and O–H groups in total. The van der Waals surface area contributed by atoms with Gasteiger partial charge < -0.3 is 19.9 Å². The highest BCUT2D eigenvalue weighted by atomic mass is 127. The zero-order chi connectivity index (χ0) is 17.2. The quantitative estimate of drug-likeness (QED) is 0.262. The third-order valence-electron chi connectivity index (χ3n) is 3.76.